The molecule has 1 aromatic rings. The van der Waals surface area contributed by atoms with Crippen molar-refractivity contribution in [3.05, 3.63) is 34.9 Å². The van der Waals surface area contributed by atoms with Crippen LogP contribution in [0.5, 0.6) is 0 Å². The fraction of sp³-hybridized carbons (Fsp3) is 0.467. The van der Waals surface area contributed by atoms with Gasteiger partial charge in [-0.1, -0.05) is 23.7 Å². The maximum Gasteiger partial charge on any atom is 0.305 e. The second-order valence-electron chi connectivity index (χ2n) is 4.52. The molecule has 0 aromatic heterocycles. The fourth-order valence-electron chi connectivity index (χ4n) is 1.78. The minimum atomic E-state index is -1.00. The molecule has 0 saturated heterocycles. The van der Waals surface area contributed by atoms with E-state index in [1.165, 1.54) is 0 Å². The normalized spacial score (nSPS) is 11.9. The number of hydrogen-bond acceptors (Lipinski definition) is 4. The first-order valence-corrected chi connectivity index (χ1v) is 7.32. The first-order valence-electron chi connectivity index (χ1n) is 6.95. The summed E-state index contributed by atoms with van der Waals surface area (Å²) in [4.78, 5) is 22.8. The molecule has 0 aliphatic carbocycles. The predicted molar refractivity (Wildman–Crippen MR) is 81.9 cm³/mol. The van der Waals surface area contributed by atoms with E-state index in [1.807, 2.05) is 6.92 Å². The molecule has 0 radical (unpaired) electrons. The summed E-state index contributed by atoms with van der Waals surface area (Å²) in [7, 11) is 0. The van der Waals surface area contributed by atoms with Crippen LogP contribution in [0.2, 0.25) is 5.02 Å². The molecule has 0 fully saturated rings. The van der Waals surface area contributed by atoms with E-state index in [9.17, 15) is 9.59 Å². The molecule has 6 nitrogen and oxygen atoms in total. The lowest BCUT2D eigenvalue weighted by Crippen LogP contribution is -2.33. The summed E-state index contributed by atoms with van der Waals surface area (Å²) in [6, 6.07) is 6.04. The van der Waals surface area contributed by atoms with Crippen LogP contribution in [0.1, 0.15) is 24.9 Å². The summed E-state index contributed by atoms with van der Waals surface area (Å²) in [5, 5.41) is 12.2. The molecule has 2 N–H and O–H groups in total. The summed E-state index contributed by atoms with van der Waals surface area (Å²) in [6.07, 6.45) is -0.216. The Balaban J connectivity index is 2.52. The van der Waals surface area contributed by atoms with Crippen molar-refractivity contribution in [2.24, 2.45) is 0 Å². The first kappa shape index (κ1) is 18.4. The molecular formula is C15H20ClNO5. The van der Waals surface area contributed by atoms with Crippen molar-refractivity contribution in [3.8, 4) is 0 Å². The molecule has 1 amide bonds. The minimum absolute atomic E-state index is 0.142. The average Bonchev–Trinajstić information content (AvgIpc) is 2.46. The van der Waals surface area contributed by atoms with Gasteiger partial charge in [0.15, 0.2) is 0 Å². The van der Waals surface area contributed by atoms with Crippen molar-refractivity contribution < 1.29 is 24.2 Å². The zero-order valence-corrected chi connectivity index (χ0v) is 13.1. The Morgan fingerprint density at radius 2 is 1.86 bits per heavy atom. The lowest BCUT2D eigenvalue weighted by molar-refractivity contribution is -0.138. The van der Waals surface area contributed by atoms with Gasteiger partial charge >= 0.3 is 5.97 Å². The van der Waals surface area contributed by atoms with Crippen molar-refractivity contribution in [3.63, 3.8) is 0 Å². The van der Waals surface area contributed by atoms with Gasteiger partial charge in [-0.05, 0) is 24.6 Å². The van der Waals surface area contributed by atoms with Crippen molar-refractivity contribution in [1.82, 2.24) is 5.32 Å². The molecule has 0 unspecified atom stereocenters. The predicted octanol–water partition coefficient (Wildman–Crippen LogP) is 2.03. The molecular weight excluding hydrogens is 310 g/mol. The third kappa shape index (κ3) is 7.40. The van der Waals surface area contributed by atoms with Crippen LogP contribution in [0.25, 0.3) is 0 Å². The van der Waals surface area contributed by atoms with Crippen LogP contribution in [0, 0.1) is 0 Å². The van der Waals surface area contributed by atoms with Crippen LogP contribution >= 0.6 is 11.6 Å². The number of carboxylic acid groups (broad SMARTS) is 1. The highest BCUT2D eigenvalue weighted by Crippen LogP contribution is 2.19. The molecule has 0 bridgehead atoms. The van der Waals surface area contributed by atoms with Gasteiger partial charge in [-0.3, -0.25) is 9.59 Å². The molecule has 1 aromatic carbocycles. The van der Waals surface area contributed by atoms with Gasteiger partial charge in [-0.25, -0.2) is 0 Å². The van der Waals surface area contributed by atoms with Crippen molar-refractivity contribution in [2.45, 2.75) is 19.4 Å². The maximum atomic E-state index is 11.8. The van der Waals surface area contributed by atoms with Crippen LogP contribution in [-0.2, 0) is 19.1 Å². The minimum Gasteiger partial charge on any atom is -0.481 e. The zero-order valence-electron chi connectivity index (χ0n) is 12.4. The molecule has 1 atom stereocenters. The van der Waals surface area contributed by atoms with Crippen LogP contribution in [0.15, 0.2) is 24.3 Å². The summed E-state index contributed by atoms with van der Waals surface area (Å²) in [6.45, 7) is 3.05. The average molecular weight is 330 g/mol. The van der Waals surface area contributed by atoms with Crippen LogP contribution < -0.4 is 5.32 Å². The molecule has 0 aliphatic rings. The molecule has 22 heavy (non-hydrogen) atoms. The number of rotatable bonds is 10. The molecule has 122 valence electrons. The third-order valence-electron chi connectivity index (χ3n) is 2.80. The van der Waals surface area contributed by atoms with Gasteiger partial charge in [0.1, 0.15) is 6.61 Å². The Kier molecular flexibility index (Phi) is 8.50. The van der Waals surface area contributed by atoms with Gasteiger partial charge in [0.05, 0.1) is 25.7 Å². The van der Waals surface area contributed by atoms with Gasteiger partial charge in [-0.15, -0.1) is 0 Å². The SMILES string of the molecule is CCOCCOCC(=O)N[C@@H](CC(=O)O)c1ccc(Cl)cc1. The number of benzene rings is 1. The lowest BCUT2D eigenvalue weighted by Gasteiger charge is -2.17. The molecule has 0 spiro atoms. The van der Waals surface area contributed by atoms with Crippen molar-refractivity contribution in [1.29, 1.82) is 0 Å². The Morgan fingerprint density at radius 3 is 2.45 bits per heavy atom. The van der Waals surface area contributed by atoms with E-state index in [4.69, 9.17) is 26.2 Å². The highest BCUT2D eigenvalue weighted by molar-refractivity contribution is 6.30. The number of carbonyl (C=O) groups excluding carboxylic acids is 1. The molecule has 0 heterocycles. The van der Waals surface area contributed by atoms with E-state index in [2.05, 4.69) is 5.32 Å². The summed E-state index contributed by atoms with van der Waals surface area (Å²) < 4.78 is 10.2. The molecule has 0 saturated carbocycles. The number of carbonyl (C=O) groups is 2. The van der Waals surface area contributed by atoms with Gasteiger partial charge in [0.25, 0.3) is 0 Å². The Bertz CT molecular complexity index is 477. The number of hydrogen-bond donors (Lipinski definition) is 2. The number of aliphatic carboxylic acids is 1. The monoisotopic (exact) mass is 329 g/mol. The maximum absolute atomic E-state index is 11.8. The van der Waals surface area contributed by atoms with E-state index in [0.717, 1.165) is 0 Å². The van der Waals surface area contributed by atoms with Crippen LogP contribution in [-0.4, -0.2) is 43.4 Å². The second kappa shape index (κ2) is 10.2. The van der Waals surface area contributed by atoms with E-state index >= 15 is 0 Å². The second-order valence-corrected chi connectivity index (χ2v) is 4.96. The number of amides is 1. The first-order chi connectivity index (χ1) is 10.5. The fourth-order valence-corrected chi connectivity index (χ4v) is 1.91. The number of ether oxygens (including phenoxy) is 2. The topological polar surface area (TPSA) is 84.9 Å². The Labute approximate surface area is 134 Å². The summed E-state index contributed by atoms with van der Waals surface area (Å²) >= 11 is 5.80. The number of nitrogens with one attached hydrogen (secondary N) is 1. The summed E-state index contributed by atoms with van der Waals surface area (Å²) in [5.74, 6) is -1.38. The molecule has 0 aliphatic heterocycles. The van der Waals surface area contributed by atoms with Gasteiger partial charge < -0.3 is 19.9 Å². The van der Waals surface area contributed by atoms with Crippen LogP contribution in [0.3, 0.4) is 0 Å². The quantitative estimate of drug-likeness (QED) is 0.641. The van der Waals surface area contributed by atoms with Gasteiger partial charge in [-0.2, -0.15) is 0 Å². The third-order valence-corrected chi connectivity index (χ3v) is 3.05. The Hall–Kier alpha value is -1.63. The van der Waals surface area contributed by atoms with E-state index < -0.39 is 12.0 Å². The zero-order chi connectivity index (χ0) is 16.4. The van der Waals surface area contributed by atoms with Crippen molar-refractivity contribution >= 4 is 23.5 Å². The highest BCUT2D eigenvalue weighted by atomic mass is 35.5. The number of carboxylic acids is 1. The molecule has 1 rings (SSSR count). The van der Waals surface area contributed by atoms with Gasteiger partial charge in [0.2, 0.25) is 5.91 Å². The highest BCUT2D eigenvalue weighted by Gasteiger charge is 2.18. The molecule has 7 heteroatoms. The summed E-state index contributed by atoms with van der Waals surface area (Å²) in [5.41, 5.74) is 0.675. The Morgan fingerprint density at radius 1 is 1.23 bits per heavy atom. The van der Waals surface area contributed by atoms with Crippen molar-refractivity contribution in [2.75, 3.05) is 26.4 Å². The standard InChI is InChI=1S/C15H20ClNO5/c1-2-21-7-8-22-10-14(18)17-13(9-15(19)20)11-3-5-12(16)6-4-11/h3-6,13H,2,7-10H2,1H3,(H,17,18)(H,19,20)/t13-/m0/s1. The number of halogens is 1. The van der Waals surface area contributed by atoms with E-state index in [0.29, 0.717) is 30.4 Å². The largest absolute Gasteiger partial charge is 0.481 e. The van der Waals surface area contributed by atoms with Crippen LogP contribution in [0.4, 0.5) is 0 Å². The lowest BCUT2D eigenvalue weighted by atomic mass is 10.0. The van der Waals surface area contributed by atoms with E-state index in [-0.39, 0.29) is 18.9 Å². The van der Waals surface area contributed by atoms with Gasteiger partial charge in [0, 0.05) is 11.6 Å². The smallest absolute Gasteiger partial charge is 0.305 e. The van der Waals surface area contributed by atoms with E-state index in [1.54, 1.807) is 24.3 Å².